The minimum absolute atomic E-state index is 0.205. The van der Waals surface area contributed by atoms with Crippen molar-refractivity contribution < 1.29 is 9.90 Å². The fourth-order valence-electron chi connectivity index (χ4n) is 2.17. The smallest absolute Gasteiger partial charge is 0.251 e. The molecule has 1 amide bonds. The third-order valence-corrected chi connectivity index (χ3v) is 3.40. The maximum atomic E-state index is 12.1. The van der Waals surface area contributed by atoms with E-state index in [2.05, 4.69) is 5.32 Å². The lowest BCUT2D eigenvalue weighted by atomic mass is 9.94. The highest BCUT2D eigenvalue weighted by molar-refractivity contribution is 6.31. The minimum atomic E-state index is -0.893. The van der Waals surface area contributed by atoms with Gasteiger partial charge in [0.25, 0.3) is 5.91 Å². The molecule has 0 fully saturated rings. The number of halogens is 1. The molecule has 0 saturated carbocycles. The molecule has 0 aliphatic rings. The van der Waals surface area contributed by atoms with Crippen molar-refractivity contribution in [2.24, 2.45) is 5.92 Å². The van der Waals surface area contributed by atoms with Crippen molar-refractivity contribution in [3.63, 3.8) is 0 Å². The van der Waals surface area contributed by atoms with Gasteiger partial charge >= 0.3 is 0 Å². The van der Waals surface area contributed by atoms with Crippen LogP contribution in [0.15, 0.2) is 18.2 Å². The maximum absolute atomic E-state index is 12.1. The lowest BCUT2D eigenvalue weighted by Crippen LogP contribution is -2.41. The Morgan fingerprint density at radius 3 is 2.68 bits per heavy atom. The molecule has 1 unspecified atom stereocenters. The zero-order valence-corrected chi connectivity index (χ0v) is 12.7. The molecular weight excluding hydrogens is 262 g/mol. The van der Waals surface area contributed by atoms with E-state index in [1.165, 1.54) is 0 Å². The first kappa shape index (κ1) is 16.0. The van der Waals surface area contributed by atoms with Crippen LogP contribution in [0.1, 0.15) is 43.1 Å². The molecule has 0 saturated heterocycles. The molecule has 0 aliphatic heterocycles. The second-order valence-corrected chi connectivity index (χ2v) is 6.10. The Kier molecular flexibility index (Phi) is 5.39. The predicted octanol–water partition coefficient (Wildman–Crippen LogP) is 3.18. The van der Waals surface area contributed by atoms with E-state index in [4.69, 9.17) is 11.6 Å². The van der Waals surface area contributed by atoms with Gasteiger partial charge in [-0.2, -0.15) is 0 Å². The fourth-order valence-corrected chi connectivity index (χ4v) is 2.35. The largest absolute Gasteiger partial charge is 0.388 e. The molecule has 106 valence electrons. The van der Waals surface area contributed by atoms with Crippen LogP contribution < -0.4 is 5.32 Å². The van der Waals surface area contributed by atoms with E-state index in [-0.39, 0.29) is 12.5 Å². The Morgan fingerprint density at radius 2 is 2.11 bits per heavy atom. The molecule has 1 aromatic carbocycles. The van der Waals surface area contributed by atoms with Gasteiger partial charge in [0.05, 0.1) is 5.60 Å². The number of aliphatic hydroxyl groups is 1. The molecule has 1 rings (SSSR count). The van der Waals surface area contributed by atoms with Gasteiger partial charge in [0, 0.05) is 17.1 Å². The first-order valence-corrected chi connectivity index (χ1v) is 6.86. The van der Waals surface area contributed by atoms with Crippen molar-refractivity contribution in [3.8, 4) is 0 Å². The number of benzene rings is 1. The molecule has 0 bridgehead atoms. The van der Waals surface area contributed by atoms with Gasteiger partial charge in [0.15, 0.2) is 0 Å². The molecule has 0 aliphatic carbocycles. The Hall–Kier alpha value is -1.06. The number of carbonyl (C=O) groups excluding carboxylic acids is 1. The number of carbonyl (C=O) groups is 1. The molecule has 0 spiro atoms. The highest BCUT2D eigenvalue weighted by Gasteiger charge is 2.23. The third-order valence-electron chi connectivity index (χ3n) is 2.99. The van der Waals surface area contributed by atoms with Crippen LogP contribution in [0.5, 0.6) is 0 Å². The van der Waals surface area contributed by atoms with Gasteiger partial charge in [0.2, 0.25) is 0 Å². The van der Waals surface area contributed by atoms with Gasteiger partial charge in [-0.3, -0.25) is 4.79 Å². The Labute approximate surface area is 120 Å². The summed E-state index contributed by atoms with van der Waals surface area (Å²) < 4.78 is 0. The molecule has 19 heavy (non-hydrogen) atoms. The second kappa shape index (κ2) is 6.40. The van der Waals surface area contributed by atoms with Crippen LogP contribution in [0, 0.1) is 12.8 Å². The summed E-state index contributed by atoms with van der Waals surface area (Å²) in [6.45, 7) is 7.85. The molecule has 1 aromatic rings. The second-order valence-electron chi connectivity index (χ2n) is 5.69. The normalized spacial score (nSPS) is 14.3. The molecule has 0 aromatic heterocycles. The maximum Gasteiger partial charge on any atom is 0.251 e. The zero-order chi connectivity index (χ0) is 14.6. The summed E-state index contributed by atoms with van der Waals surface area (Å²) in [7, 11) is 0. The zero-order valence-electron chi connectivity index (χ0n) is 12.0. The van der Waals surface area contributed by atoms with Gasteiger partial charge in [0.1, 0.15) is 0 Å². The van der Waals surface area contributed by atoms with Crippen LogP contribution in [0.4, 0.5) is 0 Å². The van der Waals surface area contributed by atoms with E-state index in [0.717, 1.165) is 5.56 Å². The summed E-state index contributed by atoms with van der Waals surface area (Å²) in [5.41, 5.74) is 0.411. The van der Waals surface area contributed by atoms with Crippen molar-refractivity contribution in [1.82, 2.24) is 5.32 Å². The standard InChI is InChI=1S/C15H22ClNO2/c1-10(2)8-15(4,19)9-17-14(18)12-6-5-7-13(16)11(12)3/h5-7,10,19H,8-9H2,1-4H3,(H,17,18). The van der Waals surface area contributed by atoms with Crippen LogP contribution >= 0.6 is 11.6 Å². The lowest BCUT2D eigenvalue weighted by molar-refractivity contribution is 0.0368. The third kappa shape index (κ3) is 4.84. The fraction of sp³-hybridized carbons (Fsp3) is 0.533. The lowest BCUT2D eigenvalue weighted by Gasteiger charge is -2.25. The molecular formula is C15H22ClNO2. The van der Waals surface area contributed by atoms with E-state index >= 15 is 0 Å². The van der Waals surface area contributed by atoms with Crippen molar-refractivity contribution in [2.45, 2.75) is 39.7 Å². The summed E-state index contributed by atoms with van der Waals surface area (Å²) in [5.74, 6) is 0.170. The molecule has 1 atom stereocenters. The number of hydrogen-bond acceptors (Lipinski definition) is 2. The Bertz CT molecular complexity index is 455. The first-order chi connectivity index (χ1) is 8.73. The summed E-state index contributed by atoms with van der Waals surface area (Å²) >= 11 is 5.99. The van der Waals surface area contributed by atoms with Crippen molar-refractivity contribution in [3.05, 3.63) is 34.3 Å². The van der Waals surface area contributed by atoms with Crippen molar-refractivity contribution >= 4 is 17.5 Å². The van der Waals surface area contributed by atoms with Crippen molar-refractivity contribution in [1.29, 1.82) is 0 Å². The number of amides is 1. The summed E-state index contributed by atoms with van der Waals surface area (Å²) in [5, 5.41) is 13.5. The van der Waals surface area contributed by atoms with Gasteiger partial charge in [-0.15, -0.1) is 0 Å². The Balaban J connectivity index is 2.68. The first-order valence-electron chi connectivity index (χ1n) is 6.48. The van der Waals surface area contributed by atoms with E-state index < -0.39 is 5.60 Å². The predicted molar refractivity (Wildman–Crippen MR) is 78.6 cm³/mol. The average Bonchev–Trinajstić information content (AvgIpc) is 2.28. The summed E-state index contributed by atoms with van der Waals surface area (Å²) in [6.07, 6.45) is 0.641. The molecule has 3 nitrogen and oxygen atoms in total. The minimum Gasteiger partial charge on any atom is -0.388 e. The van der Waals surface area contributed by atoms with Crippen LogP contribution in [-0.2, 0) is 0 Å². The molecule has 2 N–H and O–H groups in total. The highest BCUT2D eigenvalue weighted by atomic mass is 35.5. The van der Waals surface area contributed by atoms with Crippen molar-refractivity contribution in [2.75, 3.05) is 6.54 Å². The van der Waals surface area contributed by atoms with Gasteiger partial charge in [-0.05, 0) is 43.9 Å². The molecule has 0 heterocycles. The highest BCUT2D eigenvalue weighted by Crippen LogP contribution is 2.19. The van der Waals surface area contributed by atoms with E-state index in [1.807, 2.05) is 20.8 Å². The van der Waals surface area contributed by atoms with Crippen LogP contribution in [0.25, 0.3) is 0 Å². The van der Waals surface area contributed by atoms with Crippen LogP contribution in [-0.4, -0.2) is 23.2 Å². The van der Waals surface area contributed by atoms with E-state index in [0.29, 0.717) is 22.9 Å². The van der Waals surface area contributed by atoms with Gasteiger partial charge < -0.3 is 10.4 Å². The van der Waals surface area contributed by atoms with E-state index in [9.17, 15) is 9.90 Å². The number of hydrogen-bond donors (Lipinski definition) is 2. The Morgan fingerprint density at radius 1 is 1.47 bits per heavy atom. The number of nitrogens with one attached hydrogen (secondary N) is 1. The van der Waals surface area contributed by atoms with Gasteiger partial charge in [-0.1, -0.05) is 31.5 Å². The number of rotatable bonds is 5. The summed E-state index contributed by atoms with van der Waals surface area (Å²) in [6, 6.07) is 5.23. The average molecular weight is 284 g/mol. The van der Waals surface area contributed by atoms with E-state index in [1.54, 1.807) is 25.1 Å². The quantitative estimate of drug-likeness (QED) is 0.872. The summed E-state index contributed by atoms with van der Waals surface area (Å²) in [4.78, 5) is 12.1. The SMILES string of the molecule is Cc1c(Cl)cccc1C(=O)NCC(C)(O)CC(C)C. The molecule has 0 radical (unpaired) electrons. The topological polar surface area (TPSA) is 49.3 Å². The van der Waals surface area contributed by atoms with Gasteiger partial charge in [-0.25, -0.2) is 0 Å². The monoisotopic (exact) mass is 283 g/mol. The molecule has 4 heteroatoms. The van der Waals surface area contributed by atoms with Crippen LogP contribution in [0.3, 0.4) is 0 Å². The van der Waals surface area contributed by atoms with Crippen LogP contribution in [0.2, 0.25) is 5.02 Å².